The number of thioether (sulfide) groups is 1. The van der Waals surface area contributed by atoms with Crippen molar-refractivity contribution >= 4 is 11.8 Å². The number of hydrogen-bond acceptors (Lipinski definition) is 3. The summed E-state index contributed by atoms with van der Waals surface area (Å²) in [4.78, 5) is 4.43. The summed E-state index contributed by atoms with van der Waals surface area (Å²) in [5.41, 5.74) is 0. The Morgan fingerprint density at radius 2 is 2.25 bits per heavy atom. The SMILES string of the molecule is CCCNC(CSCCC)c1nccn1C. The van der Waals surface area contributed by atoms with E-state index in [4.69, 9.17) is 0 Å². The summed E-state index contributed by atoms with van der Waals surface area (Å²) in [5.74, 6) is 3.49. The average Bonchev–Trinajstić information content (AvgIpc) is 2.70. The first-order valence-corrected chi connectivity index (χ1v) is 7.23. The predicted molar refractivity (Wildman–Crippen MR) is 71.9 cm³/mol. The quantitative estimate of drug-likeness (QED) is 0.710. The Morgan fingerprint density at radius 1 is 1.44 bits per heavy atom. The molecule has 16 heavy (non-hydrogen) atoms. The van der Waals surface area contributed by atoms with Gasteiger partial charge in [-0.05, 0) is 25.1 Å². The van der Waals surface area contributed by atoms with Gasteiger partial charge >= 0.3 is 0 Å². The van der Waals surface area contributed by atoms with Gasteiger partial charge in [0.2, 0.25) is 0 Å². The van der Waals surface area contributed by atoms with Crippen molar-refractivity contribution in [3.63, 3.8) is 0 Å². The molecule has 0 aliphatic carbocycles. The van der Waals surface area contributed by atoms with Crippen LogP contribution in [0.25, 0.3) is 0 Å². The molecule has 0 saturated carbocycles. The number of nitrogens with one attached hydrogen (secondary N) is 1. The Bertz CT molecular complexity index is 286. The highest BCUT2D eigenvalue weighted by Gasteiger charge is 2.14. The highest BCUT2D eigenvalue weighted by Crippen LogP contribution is 2.17. The first-order chi connectivity index (χ1) is 7.79. The van der Waals surface area contributed by atoms with Crippen molar-refractivity contribution in [3.05, 3.63) is 18.2 Å². The Labute approximate surface area is 103 Å². The van der Waals surface area contributed by atoms with Crippen LogP contribution in [0.2, 0.25) is 0 Å². The maximum Gasteiger partial charge on any atom is 0.126 e. The Kier molecular flexibility index (Phi) is 6.57. The van der Waals surface area contributed by atoms with Gasteiger partial charge in [0.05, 0.1) is 6.04 Å². The summed E-state index contributed by atoms with van der Waals surface area (Å²) in [6.45, 7) is 5.48. The van der Waals surface area contributed by atoms with E-state index in [1.807, 2.05) is 24.2 Å². The van der Waals surface area contributed by atoms with Crippen LogP contribution in [0.3, 0.4) is 0 Å². The van der Waals surface area contributed by atoms with E-state index in [-0.39, 0.29) is 0 Å². The molecule has 3 nitrogen and oxygen atoms in total. The van der Waals surface area contributed by atoms with Crippen LogP contribution in [0.15, 0.2) is 12.4 Å². The number of hydrogen-bond donors (Lipinski definition) is 1. The van der Waals surface area contributed by atoms with Gasteiger partial charge in [0.1, 0.15) is 5.82 Å². The van der Waals surface area contributed by atoms with Gasteiger partial charge in [-0.15, -0.1) is 0 Å². The highest BCUT2D eigenvalue weighted by molar-refractivity contribution is 7.99. The van der Waals surface area contributed by atoms with E-state index in [1.54, 1.807) is 0 Å². The minimum absolute atomic E-state index is 0.386. The molecule has 92 valence electrons. The Hall–Kier alpha value is -0.480. The molecule has 0 fully saturated rings. The van der Waals surface area contributed by atoms with E-state index in [9.17, 15) is 0 Å². The summed E-state index contributed by atoms with van der Waals surface area (Å²) >= 11 is 2.00. The van der Waals surface area contributed by atoms with Crippen LogP contribution in [0.1, 0.15) is 38.6 Å². The van der Waals surface area contributed by atoms with Gasteiger partial charge in [-0.1, -0.05) is 13.8 Å². The lowest BCUT2D eigenvalue weighted by Gasteiger charge is -2.17. The zero-order valence-corrected chi connectivity index (χ0v) is 11.4. The molecule has 4 heteroatoms. The minimum atomic E-state index is 0.386. The third kappa shape index (κ3) is 4.18. The zero-order chi connectivity index (χ0) is 11.8. The van der Waals surface area contributed by atoms with E-state index in [0.717, 1.165) is 18.1 Å². The van der Waals surface area contributed by atoms with Gasteiger partial charge in [-0.25, -0.2) is 4.98 Å². The third-order valence-corrected chi connectivity index (χ3v) is 3.71. The summed E-state index contributed by atoms with van der Waals surface area (Å²) in [6.07, 6.45) is 6.30. The molecule has 1 N–H and O–H groups in total. The van der Waals surface area contributed by atoms with Crippen LogP contribution >= 0.6 is 11.8 Å². The van der Waals surface area contributed by atoms with Crippen LogP contribution in [-0.4, -0.2) is 27.6 Å². The molecule has 0 amide bonds. The molecule has 0 aliphatic heterocycles. The van der Waals surface area contributed by atoms with Gasteiger partial charge in [0.25, 0.3) is 0 Å². The summed E-state index contributed by atoms with van der Waals surface area (Å²) in [7, 11) is 2.06. The van der Waals surface area contributed by atoms with E-state index in [0.29, 0.717) is 6.04 Å². The number of rotatable bonds is 8. The molecule has 0 bridgehead atoms. The first kappa shape index (κ1) is 13.6. The lowest BCUT2D eigenvalue weighted by molar-refractivity contribution is 0.535. The summed E-state index contributed by atoms with van der Waals surface area (Å²) < 4.78 is 2.11. The fourth-order valence-electron chi connectivity index (χ4n) is 1.60. The van der Waals surface area contributed by atoms with Crippen LogP contribution in [0.5, 0.6) is 0 Å². The van der Waals surface area contributed by atoms with Crippen LogP contribution in [0, 0.1) is 0 Å². The van der Waals surface area contributed by atoms with Crippen molar-refractivity contribution in [2.75, 3.05) is 18.1 Å². The number of nitrogens with zero attached hydrogens (tertiary/aromatic N) is 2. The molecular formula is C12H23N3S. The Balaban J connectivity index is 2.53. The van der Waals surface area contributed by atoms with Gasteiger partial charge in [0.15, 0.2) is 0 Å². The molecular weight excluding hydrogens is 218 g/mol. The molecule has 1 heterocycles. The molecule has 1 aromatic heterocycles. The zero-order valence-electron chi connectivity index (χ0n) is 10.6. The fourth-order valence-corrected chi connectivity index (χ4v) is 2.56. The van der Waals surface area contributed by atoms with Crippen LogP contribution < -0.4 is 5.32 Å². The molecule has 1 atom stereocenters. The van der Waals surface area contributed by atoms with Crippen molar-refractivity contribution in [1.82, 2.24) is 14.9 Å². The van der Waals surface area contributed by atoms with Gasteiger partial charge in [0, 0.05) is 25.2 Å². The standard InChI is InChI=1S/C12H23N3S/c1-4-6-13-11(10-16-9-5-2)12-14-7-8-15(12)3/h7-8,11,13H,4-6,9-10H2,1-3H3. The van der Waals surface area contributed by atoms with Gasteiger partial charge in [-0.2, -0.15) is 11.8 Å². The van der Waals surface area contributed by atoms with Crippen molar-refractivity contribution in [2.45, 2.75) is 32.7 Å². The maximum absolute atomic E-state index is 4.43. The lowest BCUT2D eigenvalue weighted by atomic mass is 10.3. The molecule has 0 aliphatic rings. The second-order valence-electron chi connectivity index (χ2n) is 3.98. The van der Waals surface area contributed by atoms with Gasteiger partial charge in [-0.3, -0.25) is 0 Å². The molecule has 0 saturated heterocycles. The van der Waals surface area contributed by atoms with E-state index >= 15 is 0 Å². The number of imidazole rings is 1. The topological polar surface area (TPSA) is 29.9 Å². The third-order valence-electron chi connectivity index (χ3n) is 2.44. The predicted octanol–water partition coefficient (Wildman–Crippen LogP) is 2.60. The second-order valence-corrected chi connectivity index (χ2v) is 5.13. The van der Waals surface area contributed by atoms with Crippen molar-refractivity contribution in [3.8, 4) is 0 Å². The molecule has 1 aromatic rings. The second kappa shape index (κ2) is 7.74. The summed E-state index contributed by atoms with van der Waals surface area (Å²) in [6, 6.07) is 0.386. The first-order valence-electron chi connectivity index (χ1n) is 6.07. The van der Waals surface area contributed by atoms with Crippen molar-refractivity contribution in [2.24, 2.45) is 7.05 Å². The van der Waals surface area contributed by atoms with Crippen LogP contribution in [-0.2, 0) is 7.05 Å². The van der Waals surface area contributed by atoms with Crippen LogP contribution in [0.4, 0.5) is 0 Å². The minimum Gasteiger partial charge on any atom is -0.337 e. The molecule has 1 unspecified atom stereocenters. The number of aromatic nitrogens is 2. The largest absolute Gasteiger partial charge is 0.337 e. The smallest absolute Gasteiger partial charge is 0.126 e. The molecule has 0 aromatic carbocycles. The average molecular weight is 241 g/mol. The Morgan fingerprint density at radius 3 is 2.81 bits per heavy atom. The normalized spacial score (nSPS) is 12.9. The van der Waals surface area contributed by atoms with Gasteiger partial charge < -0.3 is 9.88 Å². The van der Waals surface area contributed by atoms with E-state index < -0.39 is 0 Å². The number of aryl methyl sites for hydroxylation is 1. The van der Waals surface area contributed by atoms with E-state index in [1.165, 1.54) is 18.6 Å². The monoisotopic (exact) mass is 241 g/mol. The van der Waals surface area contributed by atoms with E-state index in [2.05, 4.69) is 35.8 Å². The molecule has 1 rings (SSSR count). The van der Waals surface area contributed by atoms with Crippen molar-refractivity contribution in [1.29, 1.82) is 0 Å². The summed E-state index contributed by atoms with van der Waals surface area (Å²) in [5, 5.41) is 3.57. The molecule has 0 radical (unpaired) electrons. The lowest BCUT2D eigenvalue weighted by Crippen LogP contribution is -2.26. The van der Waals surface area contributed by atoms with Crippen molar-refractivity contribution < 1.29 is 0 Å². The fraction of sp³-hybridized carbons (Fsp3) is 0.750. The maximum atomic E-state index is 4.43. The highest BCUT2D eigenvalue weighted by atomic mass is 32.2. The molecule has 0 spiro atoms.